The fourth-order valence-corrected chi connectivity index (χ4v) is 3.28. The molecule has 0 aliphatic carbocycles. The van der Waals surface area contributed by atoms with E-state index in [0.717, 1.165) is 18.3 Å². The molecule has 4 rings (SSSR count). The first kappa shape index (κ1) is 18.6. The number of hydrogen-bond acceptors (Lipinski definition) is 4. The van der Waals surface area contributed by atoms with Gasteiger partial charge in [-0.15, -0.1) is 0 Å². The topological polar surface area (TPSA) is 60.0 Å². The van der Waals surface area contributed by atoms with Crippen LogP contribution in [0.2, 0.25) is 0 Å². The molecule has 1 aliphatic heterocycles. The quantitative estimate of drug-likeness (QED) is 0.691. The standard InChI is InChI=1S/C18H16F5N5/c19-10-1-2-11(25-7-10)8-28-15-6-13(21)12(20)5-14(15)26-17(28)27-4-3-18(22,23)16(24)9-27/h1-2,5-7,16H,3-4,8-9,24H2/t16-/m1/s1. The maximum absolute atomic E-state index is 13.8. The third-order valence-electron chi connectivity index (χ3n) is 4.84. The van der Waals surface area contributed by atoms with Crippen LogP contribution in [0.15, 0.2) is 30.5 Å². The van der Waals surface area contributed by atoms with E-state index in [0.29, 0.717) is 5.69 Å². The molecule has 3 aromatic rings. The van der Waals surface area contributed by atoms with Crippen molar-refractivity contribution in [2.75, 3.05) is 18.0 Å². The number of nitrogens with zero attached hydrogens (tertiary/aromatic N) is 4. The summed E-state index contributed by atoms with van der Waals surface area (Å²) in [5, 5.41) is 0. The van der Waals surface area contributed by atoms with Gasteiger partial charge in [-0.05, 0) is 12.1 Å². The van der Waals surface area contributed by atoms with Crippen molar-refractivity contribution < 1.29 is 22.0 Å². The first-order valence-electron chi connectivity index (χ1n) is 8.58. The van der Waals surface area contributed by atoms with Crippen LogP contribution >= 0.6 is 0 Å². The summed E-state index contributed by atoms with van der Waals surface area (Å²) in [4.78, 5) is 9.84. The van der Waals surface area contributed by atoms with Crippen LogP contribution in [0.1, 0.15) is 12.1 Å². The van der Waals surface area contributed by atoms with Gasteiger partial charge in [0.1, 0.15) is 5.82 Å². The molecular formula is C18H16F5N5. The van der Waals surface area contributed by atoms with Gasteiger partial charge in [0.15, 0.2) is 11.6 Å². The van der Waals surface area contributed by atoms with Crippen LogP contribution in [0, 0.1) is 17.5 Å². The maximum Gasteiger partial charge on any atom is 0.266 e. The molecule has 0 unspecified atom stereocenters. The van der Waals surface area contributed by atoms with Crippen molar-refractivity contribution in [1.29, 1.82) is 0 Å². The first-order valence-corrected chi connectivity index (χ1v) is 8.58. The molecule has 1 atom stereocenters. The summed E-state index contributed by atoms with van der Waals surface area (Å²) >= 11 is 0. The van der Waals surface area contributed by atoms with E-state index in [1.54, 1.807) is 4.90 Å². The summed E-state index contributed by atoms with van der Waals surface area (Å²) < 4.78 is 69.7. The Balaban J connectivity index is 1.79. The van der Waals surface area contributed by atoms with Gasteiger partial charge in [-0.3, -0.25) is 4.98 Å². The van der Waals surface area contributed by atoms with Crippen molar-refractivity contribution >= 4 is 17.0 Å². The van der Waals surface area contributed by atoms with Crippen molar-refractivity contribution in [2.24, 2.45) is 5.73 Å². The van der Waals surface area contributed by atoms with E-state index in [1.165, 1.54) is 16.7 Å². The van der Waals surface area contributed by atoms with Gasteiger partial charge in [0.2, 0.25) is 5.95 Å². The molecule has 0 spiro atoms. The fraction of sp³-hybridized carbons (Fsp3) is 0.333. The van der Waals surface area contributed by atoms with E-state index in [2.05, 4.69) is 9.97 Å². The van der Waals surface area contributed by atoms with Crippen LogP contribution < -0.4 is 10.6 Å². The molecule has 2 N–H and O–H groups in total. The number of rotatable bonds is 3. The Labute approximate surface area is 156 Å². The highest BCUT2D eigenvalue weighted by atomic mass is 19.3. The van der Waals surface area contributed by atoms with E-state index in [4.69, 9.17) is 5.73 Å². The van der Waals surface area contributed by atoms with E-state index in [-0.39, 0.29) is 36.6 Å². The lowest BCUT2D eigenvalue weighted by Crippen LogP contribution is -2.55. The fourth-order valence-electron chi connectivity index (χ4n) is 3.28. The second-order valence-corrected chi connectivity index (χ2v) is 6.78. The van der Waals surface area contributed by atoms with Crippen molar-refractivity contribution in [3.05, 3.63) is 53.6 Å². The largest absolute Gasteiger partial charge is 0.340 e. The van der Waals surface area contributed by atoms with Crippen LogP contribution in [0.3, 0.4) is 0 Å². The SMILES string of the molecule is N[C@@H]1CN(c2nc3cc(F)c(F)cc3n2Cc2ccc(F)cn2)CCC1(F)F. The molecule has 1 fully saturated rings. The van der Waals surface area contributed by atoms with Crippen molar-refractivity contribution in [2.45, 2.75) is 24.9 Å². The Hall–Kier alpha value is -2.75. The number of halogens is 5. The van der Waals surface area contributed by atoms with Gasteiger partial charge in [-0.25, -0.2) is 26.9 Å². The molecule has 5 nitrogen and oxygen atoms in total. The average molecular weight is 397 g/mol. The first-order chi connectivity index (χ1) is 13.2. The number of fused-ring (bicyclic) bond motifs is 1. The lowest BCUT2D eigenvalue weighted by molar-refractivity contribution is -0.0395. The Morgan fingerprint density at radius 3 is 2.57 bits per heavy atom. The minimum absolute atomic E-state index is 0.0220. The highest BCUT2D eigenvalue weighted by molar-refractivity contribution is 5.79. The second-order valence-electron chi connectivity index (χ2n) is 6.78. The predicted molar refractivity (Wildman–Crippen MR) is 92.7 cm³/mol. The Morgan fingerprint density at radius 2 is 1.89 bits per heavy atom. The number of nitrogens with two attached hydrogens (primary N) is 1. The Bertz CT molecular complexity index is 1020. The molecular weight excluding hydrogens is 381 g/mol. The van der Waals surface area contributed by atoms with Gasteiger partial charge in [-0.2, -0.15) is 0 Å². The number of benzene rings is 1. The van der Waals surface area contributed by atoms with Crippen LogP contribution in [0.25, 0.3) is 11.0 Å². The molecule has 0 bridgehead atoms. The maximum atomic E-state index is 13.8. The minimum Gasteiger partial charge on any atom is -0.340 e. The molecule has 1 saturated heterocycles. The third-order valence-corrected chi connectivity index (χ3v) is 4.84. The minimum atomic E-state index is -3.00. The molecule has 28 heavy (non-hydrogen) atoms. The number of imidazole rings is 1. The van der Waals surface area contributed by atoms with E-state index in [9.17, 15) is 22.0 Å². The zero-order valence-corrected chi connectivity index (χ0v) is 14.5. The number of alkyl halides is 2. The lowest BCUT2D eigenvalue weighted by Gasteiger charge is -2.37. The molecule has 0 saturated carbocycles. The highest BCUT2D eigenvalue weighted by Gasteiger charge is 2.42. The Morgan fingerprint density at radius 1 is 1.14 bits per heavy atom. The average Bonchev–Trinajstić information content (AvgIpc) is 2.97. The zero-order chi connectivity index (χ0) is 20.1. The highest BCUT2D eigenvalue weighted by Crippen LogP contribution is 2.32. The van der Waals surface area contributed by atoms with Crippen LogP contribution in [0.4, 0.5) is 27.9 Å². The zero-order valence-electron chi connectivity index (χ0n) is 14.5. The molecule has 148 valence electrons. The molecule has 3 heterocycles. The number of aromatic nitrogens is 3. The molecule has 1 aliphatic rings. The third kappa shape index (κ3) is 3.28. The smallest absolute Gasteiger partial charge is 0.266 e. The number of piperidine rings is 1. The summed E-state index contributed by atoms with van der Waals surface area (Å²) in [6.07, 6.45) is 0.570. The van der Waals surface area contributed by atoms with E-state index >= 15 is 0 Å². The monoisotopic (exact) mass is 397 g/mol. The van der Waals surface area contributed by atoms with Gasteiger partial charge in [-0.1, -0.05) is 0 Å². The Kier molecular flexibility index (Phi) is 4.45. The summed E-state index contributed by atoms with van der Waals surface area (Å²) in [5.41, 5.74) is 6.48. The second kappa shape index (κ2) is 6.69. The summed E-state index contributed by atoms with van der Waals surface area (Å²) in [5.74, 6) is -5.39. The van der Waals surface area contributed by atoms with Crippen molar-refractivity contribution in [3.8, 4) is 0 Å². The lowest BCUT2D eigenvalue weighted by atomic mass is 10.0. The van der Waals surface area contributed by atoms with Gasteiger partial charge >= 0.3 is 0 Å². The van der Waals surface area contributed by atoms with Crippen molar-refractivity contribution in [1.82, 2.24) is 14.5 Å². The van der Waals surface area contributed by atoms with Gasteiger partial charge in [0.25, 0.3) is 5.92 Å². The van der Waals surface area contributed by atoms with Crippen molar-refractivity contribution in [3.63, 3.8) is 0 Å². The van der Waals surface area contributed by atoms with Crippen LogP contribution in [0.5, 0.6) is 0 Å². The van der Waals surface area contributed by atoms with E-state index in [1.807, 2.05) is 0 Å². The molecule has 1 aromatic carbocycles. The van der Waals surface area contributed by atoms with Gasteiger partial charge in [0, 0.05) is 31.6 Å². The molecule has 0 radical (unpaired) electrons. The normalized spacial score (nSPS) is 19.4. The van der Waals surface area contributed by atoms with Gasteiger partial charge in [0.05, 0.1) is 35.5 Å². The molecule has 0 amide bonds. The molecule has 10 heteroatoms. The predicted octanol–water partition coefficient (Wildman–Crippen LogP) is 3.07. The van der Waals surface area contributed by atoms with Gasteiger partial charge < -0.3 is 15.2 Å². The number of hydrogen-bond donors (Lipinski definition) is 1. The number of pyridine rings is 1. The van der Waals surface area contributed by atoms with Crippen LogP contribution in [-0.4, -0.2) is 39.6 Å². The summed E-state index contributed by atoms with van der Waals surface area (Å²) in [6.45, 7) is -0.122. The van der Waals surface area contributed by atoms with Crippen LogP contribution in [-0.2, 0) is 6.54 Å². The van der Waals surface area contributed by atoms with E-state index < -0.39 is 35.8 Å². The summed E-state index contributed by atoms with van der Waals surface area (Å²) in [7, 11) is 0. The molecule has 2 aromatic heterocycles. The summed E-state index contributed by atoms with van der Waals surface area (Å²) in [6, 6.07) is 3.20. The number of anilines is 1.